The first-order valence-corrected chi connectivity index (χ1v) is 11.6. The van der Waals surface area contributed by atoms with Crippen LogP contribution in [-0.4, -0.2) is 75.5 Å². The van der Waals surface area contributed by atoms with Crippen molar-refractivity contribution in [1.82, 2.24) is 14.3 Å². The van der Waals surface area contributed by atoms with Crippen LogP contribution in [0.1, 0.15) is 16.8 Å². The minimum Gasteiger partial charge on any atom is -0.496 e. The van der Waals surface area contributed by atoms with Crippen LogP contribution in [0.4, 0.5) is 0 Å². The number of likely N-dealkylation sites (N-methyl/N-ethyl adjacent to an activating group) is 1. The summed E-state index contributed by atoms with van der Waals surface area (Å²) in [5.41, 5.74) is 0.0902. The van der Waals surface area contributed by atoms with Gasteiger partial charge in [0.05, 0.1) is 30.7 Å². The van der Waals surface area contributed by atoms with Gasteiger partial charge in [-0.15, -0.1) is 0 Å². The number of carbonyl (C=O) groups is 2. The summed E-state index contributed by atoms with van der Waals surface area (Å²) >= 11 is 6.18. The molecule has 32 heavy (non-hydrogen) atoms. The van der Waals surface area contributed by atoms with Crippen LogP contribution in [0.25, 0.3) is 0 Å². The highest BCUT2D eigenvalue weighted by molar-refractivity contribution is 7.89. The number of amides is 2. The average Bonchev–Trinajstić information content (AvgIpc) is 3.29. The molecule has 1 aliphatic rings. The smallest absolute Gasteiger partial charge is 0.280 e. The molecule has 1 aliphatic heterocycles. The van der Waals surface area contributed by atoms with Gasteiger partial charge in [0, 0.05) is 20.1 Å². The van der Waals surface area contributed by atoms with Crippen molar-refractivity contribution in [2.24, 2.45) is 0 Å². The molecule has 0 aliphatic carbocycles. The number of benzene rings is 2. The van der Waals surface area contributed by atoms with Crippen LogP contribution in [0.5, 0.6) is 11.5 Å². The van der Waals surface area contributed by atoms with Crippen molar-refractivity contribution >= 4 is 33.4 Å². The Morgan fingerprint density at radius 1 is 1.03 bits per heavy atom. The van der Waals surface area contributed by atoms with Gasteiger partial charge in [0.15, 0.2) is 5.75 Å². The third-order valence-corrected chi connectivity index (χ3v) is 7.19. The van der Waals surface area contributed by atoms with E-state index in [2.05, 4.69) is 0 Å². The van der Waals surface area contributed by atoms with E-state index in [9.17, 15) is 18.0 Å². The predicted molar refractivity (Wildman–Crippen MR) is 118 cm³/mol. The number of hydrogen-bond acceptors (Lipinski definition) is 6. The zero-order chi connectivity index (χ0) is 23.5. The Morgan fingerprint density at radius 2 is 1.69 bits per heavy atom. The Kier molecular flexibility index (Phi) is 7.27. The zero-order valence-corrected chi connectivity index (χ0v) is 19.5. The molecule has 9 nitrogen and oxygen atoms in total. The zero-order valence-electron chi connectivity index (χ0n) is 17.9. The molecule has 1 fully saturated rings. The summed E-state index contributed by atoms with van der Waals surface area (Å²) in [7, 11) is 0.265. The fraction of sp³-hybridized carbons (Fsp3) is 0.333. The SMILES string of the molecule is COc1ccc(Cl)c(OC)c1C(=O)N1CCCN1C(=O)CN(C)S(=O)(=O)c1ccccc1. The lowest BCUT2D eigenvalue weighted by molar-refractivity contribution is -0.140. The van der Waals surface area contributed by atoms with Crippen molar-refractivity contribution in [3.8, 4) is 11.5 Å². The van der Waals surface area contributed by atoms with E-state index in [0.29, 0.717) is 6.42 Å². The molecular weight excluding hydrogens is 458 g/mol. The Balaban J connectivity index is 1.84. The maximum atomic E-state index is 13.4. The molecule has 0 saturated carbocycles. The molecule has 0 unspecified atom stereocenters. The fourth-order valence-corrected chi connectivity index (χ4v) is 4.83. The maximum absolute atomic E-state index is 13.4. The largest absolute Gasteiger partial charge is 0.496 e. The third kappa shape index (κ3) is 4.52. The Labute approximate surface area is 192 Å². The van der Waals surface area contributed by atoms with E-state index in [1.807, 2.05) is 0 Å². The summed E-state index contributed by atoms with van der Waals surface area (Å²) in [6.07, 6.45) is 0.540. The second-order valence-electron chi connectivity index (χ2n) is 7.03. The number of halogens is 1. The minimum absolute atomic E-state index is 0.0815. The van der Waals surface area contributed by atoms with Crippen LogP contribution in [0.15, 0.2) is 47.4 Å². The number of rotatable bonds is 7. The summed E-state index contributed by atoms with van der Waals surface area (Å²) in [6, 6.07) is 10.9. The standard InChI is InChI=1S/C21H24ClN3O6S/c1-23(32(28,29)15-8-5-4-6-9-15)14-18(26)24-12-7-13-25(24)21(27)19-17(30-2)11-10-16(22)20(19)31-3/h4-6,8-11H,7,12-14H2,1-3H3. The first-order valence-electron chi connectivity index (χ1n) is 9.76. The molecule has 0 bridgehead atoms. The topological polar surface area (TPSA) is 96.5 Å². The highest BCUT2D eigenvalue weighted by Crippen LogP contribution is 2.37. The molecule has 3 rings (SSSR count). The molecule has 2 amide bonds. The van der Waals surface area contributed by atoms with Gasteiger partial charge in [-0.25, -0.2) is 13.4 Å². The Hall–Kier alpha value is -2.82. The van der Waals surface area contributed by atoms with Crippen LogP contribution in [0.3, 0.4) is 0 Å². The van der Waals surface area contributed by atoms with Crippen molar-refractivity contribution in [3.05, 3.63) is 53.1 Å². The van der Waals surface area contributed by atoms with E-state index in [1.165, 1.54) is 43.4 Å². The van der Waals surface area contributed by atoms with Gasteiger partial charge in [0.1, 0.15) is 11.3 Å². The fourth-order valence-electron chi connectivity index (χ4n) is 3.45. The molecule has 2 aromatic rings. The highest BCUT2D eigenvalue weighted by Gasteiger charge is 2.36. The lowest BCUT2D eigenvalue weighted by atomic mass is 10.1. The number of nitrogens with zero attached hydrogens (tertiary/aromatic N) is 3. The lowest BCUT2D eigenvalue weighted by Gasteiger charge is -2.30. The van der Waals surface area contributed by atoms with Gasteiger partial charge in [-0.2, -0.15) is 4.31 Å². The molecule has 11 heteroatoms. The number of hydrogen-bond donors (Lipinski definition) is 0. The highest BCUT2D eigenvalue weighted by atomic mass is 35.5. The molecule has 0 atom stereocenters. The van der Waals surface area contributed by atoms with Gasteiger partial charge >= 0.3 is 0 Å². The van der Waals surface area contributed by atoms with Gasteiger partial charge < -0.3 is 9.47 Å². The summed E-state index contributed by atoms with van der Waals surface area (Å²) < 4.78 is 37.1. The van der Waals surface area contributed by atoms with Crippen LogP contribution in [0, 0.1) is 0 Å². The Bertz CT molecular complexity index is 1110. The number of carbonyl (C=O) groups excluding carboxylic acids is 2. The van der Waals surface area contributed by atoms with Crippen LogP contribution < -0.4 is 9.47 Å². The van der Waals surface area contributed by atoms with E-state index in [1.54, 1.807) is 30.3 Å². The van der Waals surface area contributed by atoms with Gasteiger partial charge in [-0.1, -0.05) is 29.8 Å². The number of hydrazine groups is 1. The van der Waals surface area contributed by atoms with Crippen molar-refractivity contribution < 1.29 is 27.5 Å². The molecule has 0 N–H and O–H groups in total. The monoisotopic (exact) mass is 481 g/mol. The maximum Gasteiger partial charge on any atom is 0.280 e. The van der Waals surface area contributed by atoms with Gasteiger partial charge in [0.2, 0.25) is 10.0 Å². The molecule has 0 radical (unpaired) electrons. The van der Waals surface area contributed by atoms with Gasteiger partial charge in [-0.3, -0.25) is 14.6 Å². The van der Waals surface area contributed by atoms with Crippen molar-refractivity contribution in [2.75, 3.05) is 40.9 Å². The van der Waals surface area contributed by atoms with Crippen LogP contribution in [-0.2, 0) is 14.8 Å². The lowest BCUT2D eigenvalue weighted by Crippen LogP contribution is -2.49. The van der Waals surface area contributed by atoms with Crippen LogP contribution in [0.2, 0.25) is 5.02 Å². The molecular formula is C21H24ClN3O6S. The van der Waals surface area contributed by atoms with Crippen LogP contribution >= 0.6 is 11.6 Å². The predicted octanol–water partition coefficient (Wildman–Crippen LogP) is 2.27. The molecule has 1 saturated heterocycles. The van der Waals surface area contributed by atoms with E-state index < -0.39 is 28.4 Å². The summed E-state index contributed by atoms with van der Waals surface area (Å²) in [5.74, 6) is -0.670. The third-order valence-electron chi connectivity index (χ3n) is 5.07. The van der Waals surface area contributed by atoms with E-state index in [-0.39, 0.29) is 40.1 Å². The van der Waals surface area contributed by atoms with Crippen molar-refractivity contribution in [1.29, 1.82) is 0 Å². The number of methoxy groups -OCH3 is 2. The first-order chi connectivity index (χ1) is 15.2. The van der Waals surface area contributed by atoms with E-state index >= 15 is 0 Å². The molecule has 0 aromatic heterocycles. The molecule has 1 heterocycles. The first kappa shape index (κ1) is 23.8. The van der Waals surface area contributed by atoms with Crippen molar-refractivity contribution in [2.45, 2.75) is 11.3 Å². The van der Waals surface area contributed by atoms with Crippen molar-refractivity contribution in [3.63, 3.8) is 0 Å². The van der Waals surface area contributed by atoms with E-state index in [0.717, 1.165) is 4.31 Å². The second kappa shape index (κ2) is 9.76. The quantitative estimate of drug-likeness (QED) is 0.602. The normalized spacial score (nSPS) is 14.0. The Morgan fingerprint density at radius 3 is 2.31 bits per heavy atom. The summed E-state index contributed by atoms with van der Waals surface area (Å²) in [6.45, 7) is 0.123. The number of ether oxygens (including phenoxy) is 2. The van der Waals surface area contributed by atoms with Gasteiger partial charge in [-0.05, 0) is 30.7 Å². The van der Waals surface area contributed by atoms with Gasteiger partial charge in [0.25, 0.3) is 11.8 Å². The molecule has 2 aromatic carbocycles. The summed E-state index contributed by atoms with van der Waals surface area (Å²) in [5, 5.41) is 2.74. The molecule has 172 valence electrons. The summed E-state index contributed by atoms with van der Waals surface area (Å²) in [4.78, 5) is 26.4. The second-order valence-corrected chi connectivity index (χ2v) is 9.48. The minimum atomic E-state index is -3.86. The van der Waals surface area contributed by atoms with E-state index in [4.69, 9.17) is 21.1 Å². The molecule has 0 spiro atoms. The average molecular weight is 482 g/mol. The number of sulfonamides is 1.